The molecule has 1 aromatic rings. The molecular formula is C10H9F3O3S. The van der Waals surface area contributed by atoms with Crippen molar-refractivity contribution in [3.63, 3.8) is 0 Å². The largest absolute Gasteiger partial charge is 0.462 e. The molecular weight excluding hydrogens is 257 g/mol. The van der Waals surface area contributed by atoms with Crippen LogP contribution >= 0.6 is 11.3 Å². The minimum atomic E-state index is -4.43. The Balaban J connectivity index is 3.05. The van der Waals surface area contributed by atoms with E-state index in [0.29, 0.717) is 17.6 Å². The van der Waals surface area contributed by atoms with Gasteiger partial charge in [0.15, 0.2) is 6.29 Å². The number of thiophene rings is 1. The van der Waals surface area contributed by atoms with Gasteiger partial charge in [-0.05, 0) is 18.6 Å². The van der Waals surface area contributed by atoms with Gasteiger partial charge in [0.05, 0.1) is 17.9 Å². The molecule has 1 rings (SSSR count). The third kappa shape index (κ3) is 3.85. The minimum absolute atomic E-state index is 0.0681. The first kappa shape index (κ1) is 13.7. The van der Waals surface area contributed by atoms with Crippen LogP contribution in [-0.2, 0) is 11.2 Å². The molecule has 1 heterocycles. The average Bonchev–Trinajstić information content (AvgIpc) is 2.58. The average molecular weight is 266 g/mol. The van der Waals surface area contributed by atoms with Crippen molar-refractivity contribution in [3.8, 4) is 0 Å². The first-order chi connectivity index (χ1) is 7.87. The number of hydrogen-bond acceptors (Lipinski definition) is 4. The van der Waals surface area contributed by atoms with Crippen LogP contribution < -0.4 is 0 Å². The van der Waals surface area contributed by atoms with E-state index in [1.54, 1.807) is 6.92 Å². The summed E-state index contributed by atoms with van der Waals surface area (Å²) in [6.07, 6.45) is -5.26. The SMILES string of the molecule is CCOC(=O)c1sc(C=O)cc1CC(F)(F)F. The van der Waals surface area contributed by atoms with Gasteiger partial charge in [-0.25, -0.2) is 4.79 Å². The maximum Gasteiger partial charge on any atom is 0.393 e. The van der Waals surface area contributed by atoms with Gasteiger partial charge < -0.3 is 4.74 Å². The van der Waals surface area contributed by atoms with Gasteiger partial charge in [0.1, 0.15) is 4.88 Å². The second-order valence-electron chi connectivity index (χ2n) is 3.13. The molecule has 0 fully saturated rings. The summed E-state index contributed by atoms with van der Waals surface area (Å²) in [5.74, 6) is -0.829. The number of aldehydes is 1. The molecule has 0 spiro atoms. The second-order valence-corrected chi connectivity index (χ2v) is 4.22. The summed E-state index contributed by atoms with van der Waals surface area (Å²) in [5.41, 5.74) is -0.219. The number of ether oxygens (including phenoxy) is 1. The smallest absolute Gasteiger partial charge is 0.393 e. The number of carbonyl (C=O) groups is 2. The molecule has 0 radical (unpaired) electrons. The summed E-state index contributed by atoms with van der Waals surface area (Å²) in [4.78, 5) is 21.8. The predicted octanol–water partition coefficient (Wildman–Crippen LogP) is 2.84. The van der Waals surface area contributed by atoms with E-state index in [-0.39, 0.29) is 21.9 Å². The quantitative estimate of drug-likeness (QED) is 0.621. The molecule has 17 heavy (non-hydrogen) atoms. The molecule has 1 aromatic heterocycles. The Kier molecular flexibility index (Phi) is 4.28. The molecule has 0 aliphatic heterocycles. The van der Waals surface area contributed by atoms with Crippen LogP contribution in [0.5, 0.6) is 0 Å². The Morgan fingerprint density at radius 3 is 2.65 bits per heavy atom. The standard InChI is InChI=1S/C10H9F3O3S/c1-2-16-9(15)8-6(4-10(11,12)13)3-7(5-14)17-8/h3,5H,2,4H2,1H3. The van der Waals surface area contributed by atoms with Crippen molar-refractivity contribution in [3.05, 3.63) is 21.4 Å². The highest BCUT2D eigenvalue weighted by atomic mass is 32.1. The van der Waals surface area contributed by atoms with Crippen LogP contribution in [0.1, 0.15) is 31.8 Å². The fourth-order valence-electron chi connectivity index (χ4n) is 1.22. The lowest BCUT2D eigenvalue weighted by Crippen LogP contribution is -2.14. The lowest BCUT2D eigenvalue weighted by atomic mass is 10.1. The molecule has 0 amide bonds. The van der Waals surface area contributed by atoms with Crippen molar-refractivity contribution in [2.75, 3.05) is 6.61 Å². The maximum absolute atomic E-state index is 12.2. The number of carbonyl (C=O) groups excluding carboxylic acids is 2. The Morgan fingerprint density at radius 1 is 1.53 bits per heavy atom. The Labute approximate surface area is 99.2 Å². The van der Waals surface area contributed by atoms with E-state index in [4.69, 9.17) is 0 Å². The van der Waals surface area contributed by atoms with Crippen molar-refractivity contribution >= 4 is 23.6 Å². The summed E-state index contributed by atoms with van der Waals surface area (Å²) < 4.78 is 41.4. The van der Waals surface area contributed by atoms with Crippen LogP contribution in [0.15, 0.2) is 6.07 Å². The molecule has 94 valence electrons. The van der Waals surface area contributed by atoms with Gasteiger partial charge in [-0.2, -0.15) is 13.2 Å². The Hall–Kier alpha value is -1.37. The van der Waals surface area contributed by atoms with Crippen LogP contribution in [0.25, 0.3) is 0 Å². The third-order valence-corrected chi connectivity index (χ3v) is 2.88. The van der Waals surface area contributed by atoms with Gasteiger partial charge in [0, 0.05) is 0 Å². The molecule has 0 aliphatic rings. The molecule has 0 aromatic carbocycles. The summed E-state index contributed by atoms with van der Waals surface area (Å²) in [6.45, 7) is 1.62. The van der Waals surface area contributed by atoms with E-state index in [1.807, 2.05) is 0 Å². The fraction of sp³-hybridized carbons (Fsp3) is 0.400. The summed E-state index contributed by atoms with van der Waals surface area (Å²) >= 11 is 0.706. The Morgan fingerprint density at radius 2 is 2.18 bits per heavy atom. The highest BCUT2D eigenvalue weighted by molar-refractivity contribution is 7.15. The lowest BCUT2D eigenvalue weighted by Gasteiger charge is -2.06. The van der Waals surface area contributed by atoms with Gasteiger partial charge in [-0.1, -0.05) is 0 Å². The second kappa shape index (κ2) is 5.31. The van der Waals surface area contributed by atoms with Crippen LogP contribution in [-0.4, -0.2) is 25.0 Å². The summed E-state index contributed by atoms with van der Waals surface area (Å²) in [5, 5.41) is 0. The lowest BCUT2D eigenvalue weighted by molar-refractivity contribution is -0.127. The molecule has 0 saturated heterocycles. The topological polar surface area (TPSA) is 43.4 Å². The third-order valence-electron chi connectivity index (χ3n) is 1.80. The zero-order chi connectivity index (χ0) is 13.1. The number of esters is 1. The van der Waals surface area contributed by atoms with Crippen molar-refractivity contribution in [2.24, 2.45) is 0 Å². The Bertz CT molecular complexity index is 423. The zero-order valence-electron chi connectivity index (χ0n) is 8.84. The van der Waals surface area contributed by atoms with Gasteiger partial charge in [0.25, 0.3) is 0 Å². The summed E-state index contributed by atoms with van der Waals surface area (Å²) in [7, 11) is 0. The van der Waals surface area contributed by atoms with Gasteiger partial charge in [-0.15, -0.1) is 11.3 Å². The van der Waals surface area contributed by atoms with Gasteiger partial charge in [-0.3, -0.25) is 4.79 Å². The van der Waals surface area contributed by atoms with Crippen LogP contribution in [0.3, 0.4) is 0 Å². The number of alkyl halides is 3. The van der Waals surface area contributed by atoms with Crippen molar-refractivity contribution in [1.29, 1.82) is 0 Å². The van der Waals surface area contributed by atoms with E-state index in [0.717, 1.165) is 6.07 Å². The van der Waals surface area contributed by atoms with Crippen LogP contribution in [0, 0.1) is 0 Å². The molecule has 0 unspecified atom stereocenters. The molecule has 0 N–H and O–H groups in total. The van der Waals surface area contributed by atoms with E-state index >= 15 is 0 Å². The molecule has 0 atom stereocenters. The highest BCUT2D eigenvalue weighted by Gasteiger charge is 2.31. The van der Waals surface area contributed by atoms with E-state index in [2.05, 4.69) is 4.74 Å². The van der Waals surface area contributed by atoms with Crippen molar-refractivity contribution in [2.45, 2.75) is 19.5 Å². The van der Waals surface area contributed by atoms with Crippen molar-refractivity contribution < 1.29 is 27.5 Å². The number of rotatable bonds is 4. The molecule has 3 nitrogen and oxygen atoms in total. The van der Waals surface area contributed by atoms with E-state index in [1.165, 1.54) is 0 Å². The van der Waals surface area contributed by atoms with Crippen LogP contribution in [0.2, 0.25) is 0 Å². The van der Waals surface area contributed by atoms with Crippen molar-refractivity contribution in [1.82, 2.24) is 0 Å². The van der Waals surface area contributed by atoms with E-state index < -0.39 is 18.6 Å². The number of hydrogen-bond donors (Lipinski definition) is 0. The predicted molar refractivity (Wildman–Crippen MR) is 55.4 cm³/mol. The first-order valence-electron chi connectivity index (χ1n) is 4.69. The number of halogens is 3. The minimum Gasteiger partial charge on any atom is -0.462 e. The first-order valence-corrected chi connectivity index (χ1v) is 5.50. The van der Waals surface area contributed by atoms with Gasteiger partial charge in [0.2, 0.25) is 0 Å². The van der Waals surface area contributed by atoms with E-state index in [9.17, 15) is 22.8 Å². The maximum atomic E-state index is 12.2. The molecule has 0 aliphatic carbocycles. The molecule has 0 saturated carbocycles. The monoisotopic (exact) mass is 266 g/mol. The zero-order valence-corrected chi connectivity index (χ0v) is 9.65. The fourth-order valence-corrected chi connectivity index (χ4v) is 2.11. The normalized spacial score (nSPS) is 11.3. The highest BCUT2D eigenvalue weighted by Crippen LogP contribution is 2.29. The summed E-state index contributed by atoms with van der Waals surface area (Å²) in [6, 6.07) is 1.07. The molecule has 0 bridgehead atoms. The molecule has 7 heteroatoms. The van der Waals surface area contributed by atoms with Gasteiger partial charge >= 0.3 is 12.1 Å². The van der Waals surface area contributed by atoms with Crippen LogP contribution in [0.4, 0.5) is 13.2 Å².